The average molecular weight is 445 g/mol. The number of hydrogen-bond acceptors (Lipinski definition) is 4. The molecule has 2 aliphatic rings. The highest BCUT2D eigenvalue weighted by Gasteiger charge is 2.27. The van der Waals surface area contributed by atoms with Gasteiger partial charge in [0.1, 0.15) is 11.6 Å². The van der Waals surface area contributed by atoms with Crippen LogP contribution in [0.2, 0.25) is 0 Å². The van der Waals surface area contributed by atoms with Crippen molar-refractivity contribution in [2.24, 2.45) is 0 Å². The van der Waals surface area contributed by atoms with Crippen molar-refractivity contribution in [1.82, 2.24) is 19.7 Å². The molecular formula is C24H33FN4OS. The maximum atomic E-state index is 13.4. The number of benzene rings is 1. The van der Waals surface area contributed by atoms with E-state index in [0.29, 0.717) is 18.3 Å². The molecule has 4 rings (SSSR count). The van der Waals surface area contributed by atoms with E-state index >= 15 is 0 Å². The molecule has 1 amide bonds. The normalized spacial score (nSPS) is 18.3. The van der Waals surface area contributed by atoms with Crippen LogP contribution < -0.4 is 0 Å². The molecule has 0 saturated heterocycles. The first-order chi connectivity index (χ1) is 15.1. The van der Waals surface area contributed by atoms with Gasteiger partial charge >= 0.3 is 0 Å². The van der Waals surface area contributed by atoms with Gasteiger partial charge in [-0.1, -0.05) is 62.4 Å². The van der Waals surface area contributed by atoms with Gasteiger partial charge in [-0.2, -0.15) is 0 Å². The van der Waals surface area contributed by atoms with E-state index in [1.165, 1.54) is 75.3 Å². The van der Waals surface area contributed by atoms with Crippen LogP contribution in [-0.2, 0) is 11.3 Å². The molecule has 31 heavy (non-hydrogen) atoms. The average Bonchev–Trinajstić information content (AvgIpc) is 3.18. The summed E-state index contributed by atoms with van der Waals surface area (Å²) in [6, 6.07) is 7.25. The van der Waals surface area contributed by atoms with Gasteiger partial charge in [-0.15, -0.1) is 10.2 Å². The first kappa shape index (κ1) is 22.3. The fourth-order valence-corrected chi connectivity index (χ4v) is 5.95. The van der Waals surface area contributed by atoms with E-state index in [1.807, 2.05) is 11.8 Å². The van der Waals surface area contributed by atoms with Crippen LogP contribution in [0.15, 0.2) is 29.4 Å². The maximum Gasteiger partial charge on any atom is 0.233 e. The summed E-state index contributed by atoms with van der Waals surface area (Å²) in [6.07, 6.45) is 11.8. The third-order valence-electron chi connectivity index (χ3n) is 6.70. The lowest BCUT2D eigenvalue weighted by atomic mass is 9.94. The lowest BCUT2D eigenvalue weighted by Gasteiger charge is -2.34. The quantitative estimate of drug-likeness (QED) is 0.515. The third-order valence-corrected chi connectivity index (χ3v) is 7.63. The SMILES string of the molecule is Cc1nnc(SCC(=O)N(Cc2ccc(F)cc2)C2CCCCC2)n1C1CCCCC1. The smallest absolute Gasteiger partial charge is 0.233 e. The zero-order valence-corrected chi connectivity index (χ0v) is 19.2. The predicted molar refractivity (Wildman–Crippen MR) is 121 cm³/mol. The fraction of sp³-hybridized carbons (Fsp3) is 0.625. The third kappa shape index (κ3) is 5.68. The molecule has 1 aromatic carbocycles. The van der Waals surface area contributed by atoms with E-state index in [0.717, 1.165) is 29.4 Å². The molecule has 2 saturated carbocycles. The van der Waals surface area contributed by atoms with E-state index in [9.17, 15) is 9.18 Å². The zero-order valence-electron chi connectivity index (χ0n) is 18.4. The summed E-state index contributed by atoms with van der Waals surface area (Å²) < 4.78 is 15.6. The van der Waals surface area contributed by atoms with Crippen LogP contribution in [-0.4, -0.2) is 37.4 Å². The second-order valence-electron chi connectivity index (χ2n) is 8.92. The summed E-state index contributed by atoms with van der Waals surface area (Å²) in [5, 5.41) is 9.57. The molecule has 0 spiro atoms. The number of nitrogens with zero attached hydrogens (tertiary/aromatic N) is 4. The van der Waals surface area contributed by atoms with Gasteiger partial charge in [-0.05, 0) is 50.3 Å². The van der Waals surface area contributed by atoms with Crippen LogP contribution in [0.1, 0.15) is 81.6 Å². The topological polar surface area (TPSA) is 51.0 Å². The molecule has 0 radical (unpaired) electrons. The Morgan fingerprint density at radius 2 is 1.68 bits per heavy atom. The monoisotopic (exact) mass is 444 g/mol. The number of halogens is 1. The maximum absolute atomic E-state index is 13.4. The van der Waals surface area contributed by atoms with Crippen molar-refractivity contribution < 1.29 is 9.18 Å². The van der Waals surface area contributed by atoms with Crippen molar-refractivity contribution >= 4 is 17.7 Å². The molecule has 168 valence electrons. The fourth-order valence-electron chi connectivity index (χ4n) is 5.02. The first-order valence-electron chi connectivity index (χ1n) is 11.7. The minimum atomic E-state index is -0.243. The Bertz CT molecular complexity index is 857. The summed E-state index contributed by atoms with van der Waals surface area (Å²) in [7, 11) is 0. The number of rotatable bonds is 7. The van der Waals surface area contributed by atoms with Crippen LogP contribution in [0, 0.1) is 12.7 Å². The van der Waals surface area contributed by atoms with Crippen molar-refractivity contribution in [1.29, 1.82) is 0 Å². The summed E-state index contributed by atoms with van der Waals surface area (Å²) >= 11 is 1.51. The highest BCUT2D eigenvalue weighted by Crippen LogP contribution is 2.33. The van der Waals surface area contributed by atoms with E-state index in [-0.39, 0.29) is 17.8 Å². The minimum Gasteiger partial charge on any atom is -0.335 e. The van der Waals surface area contributed by atoms with E-state index in [1.54, 1.807) is 12.1 Å². The number of amides is 1. The molecule has 2 aliphatic carbocycles. The molecule has 1 heterocycles. The molecule has 1 aromatic heterocycles. The molecule has 0 aliphatic heterocycles. The van der Waals surface area contributed by atoms with Gasteiger partial charge in [0.2, 0.25) is 5.91 Å². The summed E-state index contributed by atoms with van der Waals surface area (Å²) in [6.45, 7) is 2.55. The van der Waals surface area contributed by atoms with Crippen molar-refractivity contribution in [2.45, 2.75) is 94.9 Å². The van der Waals surface area contributed by atoms with E-state index in [2.05, 4.69) is 14.8 Å². The molecule has 7 heteroatoms. The molecule has 0 atom stereocenters. The molecule has 0 bridgehead atoms. The van der Waals surface area contributed by atoms with Crippen LogP contribution in [0.5, 0.6) is 0 Å². The van der Waals surface area contributed by atoms with E-state index in [4.69, 9.17) is 0 Å². The lowest BCUT2D eigenvalue weighted by Crippen LogP contribution is -2.42. The Morgan fingerprint density at radius 3 is 2.35 bits per heavy atom. The molecular weight excluding hydrogens is 411 g/mol. The predicted octanol–water partition coefficient (Wildman–Crippen LogP) is 5.68. The highest BCUT2D eigenvalue weighted by molar-refractivity contribution is 7.99. The van der Waals surface area contributed by atoms with Gasteiger partial charge in [-0.25, -0.2) is 4.39 Å². The number of thioether (sulfide) groups is 1. The van der Waals surface area contributed by atoms with Gasteiger partial charge in [0.25, 0.3) is 0 Å². The first-order valence-corrected chi connectivity index (χ1v) is 12.7. The van der Waals surface area contributed by atoms with Crippen LogP contribution in [0.25, 0.3) is 0 Å². The highest BCUT2D eigenvalue weighted by atomic mass is 32.2. The Kier molecular flexibility index (Phi) is 7.64. The van der Waals surface area contributed by atoms with Gasteiger partial charge in [0.05, 0.1) is 5.75 Å². The number of carbonyl (C=O) groups is 1. The van der Waals surface area contributed by atoms with Gasteiger partial charge < -0.3 is 9.47 Å². The number of carbonyl (C=O) groups excluding carboxylic acids is 1. The van der Waals surface area contributed by atoms with Gasteiger partial charge in [-0.3, -0.25) is 4.79 Å². The lowest BCUT2D eigenvalue weighted by molar-refractivity contribution is -0.132. The molecule has 5 nitrogen and oxygen atoms in total. The second kappa shape index (κ2) is 10.6. The van der Waals surface area contributed by atoms with Crippen molar-refractivity contribution in [3.05, 3.63) is 41.5 Å². The van der Waals surface area contributed by atoms with E-state index < -0.39 is 0 Å². The number of aromatic nitrogens is 3. The van der Waals surface area contributed by atoms with Crippen molar-refractivity contribution in [2.75, 3.05) is 5.75 Å². The standard InChI is InChI=1S/C24H33FN4OS/c1-18-26-27-24(29(18)22-10-6-3-7-11-22)31-17-23(30)28(21-8-4-2-5-9-21)16-19-12-14-20(25)15-13-19/h12-15,21-22H,2-11,16-17H2,1H3. The Hall–Kier alpha value is -1.89. The minimum absolute atomic E-state index is 0.136. The Labute approximate surface area is 188 Å². The van der Waals surface area contributed by atoms with Crippen LogP contribution in [0.3, 0.4) is 0 Å². The summed E-state index contributed by atoms with van der Waals surface area (Å²) in [4.78, 5) is 15.4. The summed E-state index contributed by atoms with van der Waals surface area (Å²) in [5.74, 6) is 1.20. The van der Waals surface area contributed by atoms with Crippen LogP contribution in [0.4, 0.5) is 4.39 Å². The number of aryl methyl sites for hydroxylation is 1. The summed E-state index contributed by atoms with van der Waals surface area (Å²) in [5.41, 5.74) is 0.978. The van der Waals surface area contributed by atoms with Crippen molar-refractivity contribution in [3.63, 3.8) is 0 Å². The zero-order chi connectivity index (χ0) is 21.6. The largest absolute Gasteiger partial charge is 0.335 e. The Balaban J connectivity index is 1.45. The van der Waals surface area contributed by atoms with Gasteiger partial charge in [0, 0.05) is 18.6 Å². The van der Waals surface area contributed by atoms with Crippen molar-refractivity contribution in [3.8, 4) is 0 Å². The molecule has 2 aromatic rings. The van der Waals surface area contributed by atoms with Gasteiger partial charge in [0.15, 0.2) is 5.16 Å². The molecule has 2 fully saturated rings. The molecule has 0 N–H and O–H groups in total. The second-order valence-corrected chi connectivity index (χ2v) is 9.86. The Morgan fingerprint density at radius 1 is 1.03 bits per heavy atom. The van der Waals surface area contributed by atoms with Crippen LogP contribution >= 0.6 is 11.8 Å². The number of hydrogen-bond donors (Lipinski definition) is 0. The molecule has 0 unspecified atom stereocenters.